The standard InChI is InChI=1S/C31H46N6O7/c1-18(2)13-22(26(38)31(17-44-31)30(42)43-7)33-27(39)23(14-19(3)4)34-28(40)24(15-20(5)6)35-29(41)25(36-37-32)16-21-11-9-8-10-12-21/h8-12,18-20,22-25H,13-17H2,1-7H3,(H,33,39)(H,34,40)(H,35,41)/t22-,23-,24-,25-,31-/m0/s1. The molecule has 1 fully saturated rings. The lowest BCUT2D eigenvalue weighted by atomic mass is 9.91. The first-order chi connectivity index (χ1) is 20.7. The van der Waals surface area contributed by atoms with Crippen molar-refractivity contribution in [2.75, 3.05) is 13.7 Å². The number of Topliss-reactive ketones (excluding diaryl/α,β-unsaturated/α-hetero) is 1. The Morgan fingerprint density at radius 2 is 1.30 bits per heavy atom. The van der Waals surface area contributed by atoms with E-state index in [-0.39, 0.29) is 50.0 Å². The molecule has 0 bridgehead atoms. The van der Waals surface area contributed by atoms with Crippen molar-refractivity contribution in [3.63, 3.8) is 0 Å². The van der Waals surface area contributed by atoms with Crippen LogP contribution in [0.4, 0.5) is 0 Å². The van der Waals surface area contributed by atoms with E-state index in [1.807, 2.05) is 59.7 Å². The van der Waals surface area contributed by atoms with Gasteiger partial charge in [0.25, 0.3) is 0 Å². The summed E-state index contributed by atoms with van der Waals surface area (Å²) >= 11 is 0. The minimum absolute atomic E-state index is 0.00318. The topological polar surface area (TPSA) is 192 Å². The minimum Gasteiger partial charge on any atom is -0.466 e. The number of ether oxygens (including phenoxy) is 2. The van der Waals surface area contributed by atoms with Crippen molar-refractivity contribution >= 4 is 29.5 Å². The Hall–Kier alpha value is -3.96. The summed E-state index contributed by atoms with van der Waals surface area (Å²) in [4.78, 5) is 68.8. The maximum Gasteiger partial charge on any atom is 0.348 e. The van der Waals surface area contributed by atoms with Crippen molar-refractivity contribution in [3.8, 4) is 0 Å². The Morgan fingerprint density at radius 1 is 0.841 bits per heavy atom. The van der Waals surface area contributed by atoms with E-state index in [0.29, 0.717) is 0 Å². The molecule has 1 aromatic carbocycles. The van der Waals surface area contributed by atoms with Crippen LogP contribution in [0.3, 0.4) is 0 Å². The SMILES string of the molecule is COC(=O)[C@@]1(C(=O)[C@H](CC(C)C)NC(=O)[C@H](CC(C)C)NC(=O)[C@H](CC(C)C)NC(=O)[C@H](Cc2ccccc2)N=[N+]=[N-])CO1. The van der Waals surface area contributed by atoms with Gasteiger partial charge in [-0.15, -0.1) is 0 Å². The fourth-order valence-electron chi connectivity index (χ4n) is 4.89. The average molecular weight is 615 g/mol. The second-order valence-corrected chi connectivity index (χ2v) is 12.5. The number of rotatable bonds is 18. The molecule has 0 saturated carbocycles. The summed E-state index contributed by atoms with van der Waals surface area (Å²) in [6.07, 6.45) is 0.891. The van der Waals surface area contributed by atoms with Crippen LogP contribution in [0.2, 0.25) is 0 Å². The monoisotopic (exact) mass is 614 g/mol. The van der Waals surface area contributed by atoms with Crippen LogP contribution in [0.5, 0.6) is 0 Å². The first-order valence-electron chi connectivity index (χ1n) is 15.0. The Morgan fingerprint density at radius 3 is 1.73 bits per heavy atom. The number of carbonyl (C=O) groups is 5. The van der Waals surface area contributed by atoms with Crippen LogP contribution in [-0.4, -0.2) is 73.0 Å². The number of amides is 3. The normalized spacial score (nSPS) is 18.4. The van der Waals surface area contributed by atoms with Crippen molar-refractivity contribution in [2.24, 2.45) is 22.9 Å². The minimum atomic E-state index is -1.74. The number of hydrogen-bond donors (Lipinski definition) is 3. The molecular weight excluding hydrogens is 568 g/mol. The predicted octanol–water partition coefficient (Wildman–Crippen LogP) is 3.01. The summed E-state index contributed by atoms with van der Waals surface area (Å²) in [5.74, 6) is -3.26. The zero-order valence-corrected chi connectivity index (χ0v) is 26.7. The van der Waals surface area contributed by atoms with Gasteiger partial charge in [-0.2, -0.15) is 0 Å². The molecule has 13 nitrogen and oxygen atoms in total. The van der Waals surface area contributed by atoms with Gasteiger partial charge in [-0.05, 0) is 54.5 Å². The molecule has 1 saturated heterocycles. The van der Waals surface area contributed by atoms with E-state index in [2.05, 4.69) is 26.0 Å². The van der Waals surface area contributed by atoms with Gasteiger partial charge in [-0.3, -0.25) is 19.2 Å². The number of azide groups is 1. The Balaban J connectivity index is 2.25. The number of esters is 1. The zero-order chi connectivity index (χ0) is 33.0. The van der Waals surface area contributed by atoms with Crippen LogP contribution in [0.25, 0.3) is 10.4 Å². The van der Waals surface area contributed by atoms with E-state index < -0.39 is 59.2 Å². The lowest BCUT2D eigenvalue weighted by molar-refractivity contribution is -0.152. The van der Waals surface area contributed by atoms with Gasteiger partial charge in [0.15, 0.2) is 0 Å². The van der Waals surface area contributed by atoms with Crippen LogP contribution >= 0.6 is 0 Å². The maximum absolute atomic E-state index is 13.6. The highest BCUT2D eigenvalue weighted by molar-refractivity contribution is 6.13. The molecule has 3 N–H and O–H groups in total. The first-order valence-corrected chi connectivity index (χ1v) is 15.0. The number of methoxy groups -OCH3 is 1. The van der Waals surface area contributed by atoms with E-state index in [9.17, 15) is 24.0 Å². The lowest BCUT2D eigenvalue weighted by Crippen LogP contribution is -2.58. The average Bonchev–Trinajstić information content (AvgIpc) is 3.77. The second-order valence-electron chi connectivity index (χ2n) is 12.5. The van der Waals surface area contributed by atoms with E-state index in [4.69, 9.17) is 15.0 Å². The fraction of sp³-hybridized carbons (Fsp3) is 0.645. The number of epoxide rings is 1. The van der Waals surface area contributed by atoms with Crippen LogP contribution in [0.15, 0.2) is 35.4 Å². The lowest BCUT2D eigenvalue weighted by Gasteiger charge is -2.28. The van der Waals surface area contributed by atoms with Gasteiger partial charge in [0, 0.05) is 4.91 Å². The Kier molecular flexibility index (Phi) is 13.8. The number of nitrogens with one attached hydrogen (secondary N) is 3. The molecule has 3 amide bonds. The molecule has 1 heterocycles. The van der Waals surface area contributed by atoms with Gasteiger partial charge in [0.1, 0.15) is 18.1 Å². The van der Waals surface area contributed by atoms with Crippen LogP contribution in [-0.2, 0) is 39.9 Å². The zero-order valence-electron chi connectivity index (χ0n) is 26.7. The van der Waals surface area contributed by atoms with Crippen molar-refractivity contribution in [1.82, 2.24) is 16.0 Å². The molecule has 0 aliphatic carbocycles. The molecule has 1 aliphatic heterocycles. The molecule has 0 radical (unpaired) electrons. The maximum atomic E-state index is 13.6. The third kappa shape index (κ3) is 10.6. The smallest absolute Gasteiger partial charge is 0.348 e. The number of benzene rings is 1. The number of carbonyl (C=O) groups excluding carboxylic acids is 5. The van der Waals surface area contributed by atoms with Crippen molar-refractivity contribution < 1.29 is 33.4 Å². The first kappa shape index (κ1) is 36.2. The molecule has 0 aromatic heterocycles. The molecule has 13 heteroatoms. The van der Waals surface area contributed by atoms with Crippen LogP contribution in [0, 0.1) is 17.8 Å². The second kappa shape index (κ2) is 16.8. The molecule has 44 heavy (non-hydrogen) atoms. The quantitative estimate of drug-likeness (QED) is 0.0565. The van der Waals surface area contributed by atoms with Crippen LogP contribution < -0.4 is 16.0 Å². The molecule has 0 spiro atoms. The summed E-state index contributed by atoms with van der Waals surface area (Å²) in [7, 11) is 1.16. The number of hydrogen-bond acceptors (Lipinski definition) is 8. The van der Waals surface area contributed by atoms with E-state index in [1.54, 1.807) is 12.1 Å². The fourth-order valence-corrected chi connectivity index (χ4v) is 4.89. The van der Waals surface area contributed by atoms with Crippen molar-refractivity contribution in [2.45, 2.75) is 97.0 Å². The Bertz CT molecular complexity index is 1210. The number of ketones is 1. The third-order valence-corrected chi connectivity index (χ3v) is 7.13. The molecule has 1 aromatic rings. The van der Waals surface area contributed by atoms with Gasteiger partial charge in [0.2, 0.25) is 29.1 Å². The highest BCUT2D eigenvalue weighted by atomic mass is 16.6. The van der Waals surface area contributed by atoms with Gasteiger partial charge < -0.3 is 25.4 Å². The number of nitrogens with zero attached hydrogens (tertiary/aromatic N) is 3. The Labute approximate surface area is 258 Å². The molecule has 242 valence electrons. The molecule has 5 atom stereocenters. The molecule has 2 rings (SSSR count). The highest BCUT2D eigenvalue weighted by Gasteiger charge is 2.62. The summed E-state index contributed by atoms with van der Waals surface area (Å²) in [6.45, 7) is 11.2. The van der Waals surface area contributed by atoms with E-state index in [0.717, 1.165) is 12.7 Å². The molecule has 0 unspecified atom stereocenters. The van der Waals surface area contributed by atoms with E-state index in [1.165, 1.54) is 0 Å². The predicted molar refractivity (Wildman–Crippen MR) is 163 cm³/mol. The van der Waals surface area contributed by atoms with Crippen molar-refractivity contribution in [1.29, 1.82) is 0 Å². The molecule has 1 aliphatic rings. The largest absolute Gasteiger partial charge is 0.466 e. The molecular formula is C31H46N6O7. The van der Waals surface area contributed by atoms with Gasteiger partial charge in [-0.1, -0.05) is 77.0 Å². The van der Waals surface area contributed by atoms with Crippen molar-refractivity contribution in [3.05, 3.63) is 46.3 Å². The third-order valence-electron chi connectivity index (χ3n) is 7.13. The van der Waals surface area contributed by atoms with Gasteiger partial charge in [0.05, 0.1) is 19.8 Å². The highest BCUT2D eigenvalue weighted by Crippen LogP contribution is 2.32. The van der Waals surface area contributed by atoms with Crippen LogP contribution in [0.1, 0.15) is 66.4 Å². The summed E-state index contributed by atoms with van der Waals surface area (Å²) in [6, 6.07) is 4.86. The van der Waals surface area contributed by atoms with E-state index >= 15 is 0 Å². The summed E-state index contributed by atoms with van der Waals surface area (Å²) in [5.41, 5.74) is 8.12. The summed E-state index contributed by atoms with van der Waals surface area (Å²) in [5, 5.41) is 11.9. The van der Waals surface area contributed by atoms with Gasteiger partial charge in [-0.25, -0.2) is 4.79 Å². The van der Waals surface area contributed by atoms with Gasteiger partial charge >= 0.3 is 5.97 Å². The summed E-state index contributed by atoms with van der Waals surface area (Å²) < 4.78 is 9.96.